The van der Waals surface area contributed by atoms with E-state index in [1.54, 1.807) is 29.5 Å². The molecule has 0 aromatic carbocycles. The molecule has 1 aliphatic carbocycles. The Morgan fingerprint density at radius 2 is 2.27 bits per heavy atom. The maximum absolute atomic E-state index is 10.4. The predicted molar refractivity (Wildman–Crippen MR) is 122 cm³/mol. The van der Waals surface area contributed by atoms with Crippen LogP contribution in [0, 0.1) is 18.8 Å². The number of hydrogen-bond donors (Lipinski definition) is 3. The van der Waals surface area contributed by atoms with E-state index in [1.807, 2.05) is 6.08 Å². The Balaban J connectivity index is 1.89. The summed E-state index contributed by atoms with van der Waals surface area (Å²) in [4.78, 5) is 12.8. The molecule has 0 spiro atoms. The third kappa shape index (κ3) is 7.78. The van der Waals surface area contributed by atoms with Gasteiger partial charge in [0.15, 0.2) is 0 Å². The fraction of sp³-hybridized carbons (Fsp3) is 0.524. The summed E-state index contributed by atoms with van der Waals surface area (Å²) in [5.41, 5.74) is 0. The van der Waals surface area contributed by atoms with E-state index in [1.165, 1.54) is 16.0 Å². The van der Waals surface area contributed by atoms with Gasteiger partial charge in [0.25, 0.3) is 0 Å². The molecule has 6 nitrogen and oxygen atoms in total. The third-order valence-corrected chi connectivity index (χ3v) is 7.13. The van der Waals surface area contributed by atoms with Crippen molar-refractivity contribution in [1.82, 2.24) is 0 Å². The van der Waals surface area contributed by atoms with Crippen LogP contribution in [0.1, 0.15) is 22.6 Å². The topological polar surface area (TPSA) is 96.2 Å². The Morgan fingerprint density at radius 1 is 1.50 bits per heavy atom. The van der Waals surface area contributed by atoms with E-state index in [2.05, 4.69) is 28.9 Å². The summed E-state index contributed by atoms with van der Waals surface area (Å²) in [6, 6.07) is 2.08. The van der Waals surface area contributed by atoms with Gasteiger partial charge in [-0.2, -0.15) is 0 Å². The molecule has 1 aromatic rings. The van der Waals surface area contributed by atoms with Crippen LogP contribution in [0.15, 0.2) is 35.0 Å². The van der Waals surface area contributed by atoms with Crippen LogP contribution in [0.3, 0.4) is 0 Å². The summed E-state index contributed by atoms with van der Waals surface area (Å²) in [5.74, 6) is 0.269. The number of aryl methyl sites for hydroxylation is 2. The van der Waals surface area contributed by atoms with Crippen molar-refractivity contribution < 1.29 is 29.6 Å². The first-order valence-electron chi connectivity index (χ1n) is 9.76. The van der Waals surface area contributed by atoms with Crippen LogP contribution < -0.4 is 0 Å². The number of aliphatic hydroxyl groups excluding tert-OH is 2. The zero-order chi connectivity index (χ0) is 22.1. The average Bonchev–Trinajstić information content (AvgIpc) is 3.19. The van der Waals surface area contributed by atoms with Crippen LogP contribution in [0.25, 0.3) is 0 Å². The molecule has 0 amide bonds. The summed E-state index contributed by atoms with van der Waals surface area (Å²) >= 11 is 5.22. The molecule has 1 unspecified atom stereocenters. The van der Waals surface area contributed by atoms with Gasteiger partial charge in [0.1, 0.15) is 0 Å². The van der Waals surface area contributed by atoms with Crippen molar-refractivity contribution >= 4 is 46.7 Å². The van der Waals surface area contributed by atoms with Gasteiger partial charge in [-0.3, -0.25) is 0 Å². The predicted octanol–water partition coefficient (Wildman–Crippen LogP) is 2.64. The molecule has 1 aromatic heterocycles. The molecule has 1 aliphatic rings. The van der Waals surface area contributed by atoms with Gasteiger partial charge < -0.3 is 0 Å². The van der Waals surface area contributed by atoms with E-state index in [0.29, 0.717) is 12.8 Å². The number of hydrogen-bond acceptors (Lipinski definition) is 6. The molecule has 1 saturated carbocycles. The number of carboxylic acid groups (broad SMARTS) is 1. The quantitative estimate of drug-likeness (QED) is 0.178. The fourth-order valence-corrected chi connectivity index (χ4v) is 5.01. The van der Waals surface area contributed by atoms with E-state index in [-0.39, 0.29) is 25.0 Å². The van der Waals surface area contributed by atoms with E-state index in [4.69, 9.17) is 22.1 Å². The van der Waals surface area contributed by atoms with Crippen LogP contribution in [0.2, 0.25) is 0 Å². The number of ether oxygens (including phenoxy) is 2. The van der Waals surface area contributed by atoms with Gasteiger partial charge in [0, 0.05) is 0 Å². The van der Waals surface area contributed by atoms with Crippen molar-refractivity contribution in [3.05, 3.63) is 44.8 Å². The van der Waals surface area contributed by atoms with E-state index >= 15 is 0 Å². The minimum atomic E-state index is -1.04. The standard InChI is InChI=1S/C21H27BBrO6S/c1-13-18(23)10-16(30-13)5-3-15(24)4-6-17-14(11-22)9-19(25)21(17)29-8-2-7-28-12-20(26)27/h2,4,6,8,10-11,14-15,17,19,21,24-25H,3,5,7,9,12H2,1H3,(H,26,27)/b6-4+,8-2-/t14-,15-,17-,19?,21+/m0/s1. The SMILES string of the molecule is [B]=C[C@@H]1CC(O)[C@H](O/C=C\COCC(=O)O)[C@H]1/C=C/[C@@H](O)CCc1cc(Br)c(C)s1. The minimum absolute atomic E-state index is 0.0685. The molecule has 1 radical (unpaired) electrons. The van der Waals surface area contributed by atoms with E-state index in [9.17, 15) is 15.0 Å². The summed E-state index contributed by atoms with van der Waals surface area (Å²) in [6.45, 7) is 1.77. The number of carbonyl (C=O) groups is 1. The number of thiophene rings is 1. The molecule has 1 fully saturated rings. The monoisotopic (exact) mass is 497 g/mol. The Bertz CT molecular complexity index is 745. The van der Waals surface area contributed by atoms with Crippen molar-refractivity contribution in [2.45, 2.75) is 44.5 Å². The Kier molecular flexibility index (Phi) is 10.5. The van der Waals surface area contributed by atoms with Crippen LogP contribution in [-0.4, -0.2) is 66.3 Å². The Morgan fingerprint density at radius 3 is 2.90 bits per heavy atom. The van der Waals surface area contributed by atoms with E-state index in [0.717, 1.165) is 10.9 Å². The number of halogens is 1. The molecule has 0 bridgehead atoms. The van der Waals surface area contributed by atoms with Gasteiger partial charge in [-0.15, -0.1) is 0 Å². The zero-order valence-electron chi connectivity index (χ0n) is 16.8. The molecule has 0 saturated heterocycles. The third-order valence-electron chi connectivity index (χ3n) is 4.94. The van der Waals surface area contributed by atoms with Crippen molar-refractivity contribution in [3.63, 3.8) is 0 Å². The second-order valence-corrected chi connectivity index (χ2v) is 9.42. The van der Waals surface area contributed by atoms with Gasteiger partial charge in [0.2, 0.25) is 0 Å². The van der Waals surface area contributed by atoms with Crippen LogP contribution in [0.5, 0.6) is 0 Å². The molecular formula is C21H27BBrO6S. The molecule has 1 heterocycles. The molecule has 0 aliphatic heterocycles. The first-order chi connectivity index (χ1) is 14.3. The molecule has 5 atom stereocenters. The Hall–Kier alpha value is -1.26. The maximum atomic E-state index is 10.4. The van der Waals surface area contributed by atoms with Crippen molar-refractivity contribution in [3.8, 4) is 0 Å². The van der Waals surface area contributed by atoms with Crippen molar-refractivity contribution in [2.24, 2.45) is 11.8 Å². The van der Waals surface area contributed by atoms with Crippen molar-refractivity contribution in [1.29, 1.82) is 0 Å². The molecule has 9 heteroatoms. The number of carboxylic acids is 1. The van der Waals surface area contributed by atoms with Crippen molar-refractivity contribution in [2.75, 3.05) is 13.2 Å². The van der Waals surface area contributed by atoms with Gasteiger partial charge in [-0.1, -0.05) is 0 Å². The van der Waals surface area contributed by atoms with Gasteiger partial charge in [0.05, 0.1) is 0 Å². The summed E-state index contributed by atoms with van der Waals surface area (Å²) in [5, 5.41) is 29.2. The zero-order valence-corrected chi connectivity index (χ0v) is 19.2. The van der Waals surface area contributed by atoms with Crippen LogP contribution >= 0.6 is 27.3 Å². The normalized spacial score (nSPS) is 25.2. The van der Waals surface area contributed by atoms with Gasteiger partial charge in [-0.05, 0) is 0 Å². The van der Waals surface area contributed by atoms with Gasteiger partial charge in [-0.25, -0.2) is 0 Å². The molecule has 2 rings (SSSR count). The Labute approximate surface area is 190 Å². The summed E-state index contributed by atoms with van der Waals surface area (Å²) in [6.07, 6.45) is 6.59. The van der Waals surface area contributed by atoms with Crippen LogP contribution in [-0.2, 0) is 20.7 Å². The second-order valence-electron chi connectivity index (χ2n) is 7.23. The molecule has 3 N–H and O–H groups in total. The first kappa shape index (κ1) is 25.0. The van der Waals surface area contributed by atoms with Crippen LogP contribution in [0.4, 0.5) is 0 Å². The second kappa shape index (κ2) is 12.6. The summed E-state index contributed by atoms with van der Waals surface area (Å²) < 4.78 is 11.7. The fourth-order valence-electron chi connectivity index (χ4n) is 3.39. The first-order valence-corrected chi connectivity index (χ1v) is 11.4. The van der Waals surface area contributed by atoms with E-state index < -0.39 is 24.3 Å². The number of aliphatic hydroxyl groups is 2. The number of rotatable bonds is 12. The number of aliphatic carboxylic acids is 1. The van der Waals surface area contributed by atoms with Gasteiger partial charge >= 0.3 is 191 Å². The summed E-state index contributed by atoms with van der Waals surface area (Å²) in [7, 11) is 5.74. The molecule has 163 valence electrons. The molecule has 30 heavy (non-hydrogen) atoms. The average molecular weight is 498 g/mol. The molecular weight excluding hydrogens is 471 g/mol.